The van der Waals surface area contributed by atoms with Crippen LogP contribution in [0.4, 0.5) is 0 Å². The highest BCUT2D eigenvalue weighted by molar-refractivity contribution is 5.91. The Morgan fingerprint density at radius 3 is 2.56 bits per heavy atom. The Labute approximate surface area is 97.4 Å². The molecule has 2 atom stereocenters. The molecule has 1 unspecified atom stereocenters. The Kier molecular flexibility index (Phi) is 4.47. The third kappa shape index (κ3) is 2.82. The maximum atomic E-state index is 12.0. The molecule has 0 aromatic heterocycles. The summed E-state index contributed by atoms with van der Waals surface area (Å²) in [5, 5.41) is 2.99. The molecule has 1 N–H and O–H groups in total. The highest BCUT2D eigenvalue weighted by Crippen LogP contribution is 2.20. The van der Waals surface area contributed by atoms with Crippen molar-refractivity contribution in [3.05, 3.63) is 0 Å². The van der Waals surface area contributed by atoms with Crippen molar-refractivity contribution in [3.8, 4) is 0 Å². The number of amides is 1. The van der Waals surface area contributed by atoms with Crippen molar-refractivity contribution in [2.45, 2.75) is 45.7 Å². The predicted molar refractivity (Wildman–Crippen MR) is 63.1 cm³/mol. The fourth-order valence-corrected chi connectivity index (χ4v) is 2.24. The summed E-state index contributed by atoms with van der Waals surface area (Å²) in [5.41, 5.74) is 0. The van der Waals surface area contributed by atoms with Crippen molar-refractivity contribution in [2.24, 2.45) is 5.92 Å². The molecule has 16 heavy (non-hydrogen) atoms. The minimum absolute atomic E-state index is 0.0725. The van der Waals surface area contributed by atoms with E-state index >= 15 is 0 Å². The van der Waals surface area contributed by atoms with Crippen LogP contribution in [0.15, 0.2) is 0 Å². The molecule has 0 aromatic rings. The molecule has 1 amide bonds. The monoisotopic (exact) mass is 226 g/mol. The molecular formula is C12H22N2O2. The van der Waals surface area contributed by atoms with Gasteiger partial charge in [0.2, 0.25) is 5.91 Å². The quantitative estimate of drug-likeness (QED) is 0.754. The third-order valence-corrected chi connectivity index (χ3v) is 3.13. The fourth-order valence-electron chi connectivity index (χ4n) is 2.24. The molecule has 1 aliphatic rings. The van der Waals surface area contributed by atoms with E-state index in [1.807, 2.05) is 0 Å². The van der Waals surface area contributed by atoms with Gasteiger partial charge in [-0.05, 0) is 32.7 Å². The van der Waals surface area contributed by atoms with Gasteiger partial charge >= 0.3 is 0 Å². The summed E-state index contributed by atoms with van der Waals surface area (Å²) in [7, 11) is 1.79. The molecule has 0 saturated carbocycles. The SMILES string of the molecule is CNC1CCN([C@@H](CC(C)C)C(C)=O)C1=O. The van der Waals surface area contributed by atoms with E-state index in [1.54, 1.807) is 18.9 Å². The number of ketones is 1. The highest BCUT2D eigenvalue weighted by Gasteiger charge is 2.36. The summed E-state index contributed by atoms with van der Waals surface area (Å²) < 4.78 is 0. The molecule has 0 aromatic carbocycles. The van der Waals surface area contributed by atoms with Gasteiger partial charge in [0.1, 0.15) is 0 Å². The minimum atomic E-state index is -0.231. The van der Waals surface area contributed by atoms with Crippen LogP contribution in [0.25, 0.3) is 0 Å². The van der Waals surface area contributed by atoms with Gasteiger partial charge in [0.15, 0.2) is 5.78 Å². The number of nitrogens with one attached hydrogen (secondary N) is 1. The lowest BCUT2D eigenvalue weighted by Gasteiger charge is -2.27. The van der Waals surface area contributed by atoms with E-state index in [-0.39, 0.29) is 23.8 Å². The van der Waals surface area contributed by atoms with Crippen LogP contribution in [0.5, 0.6) is 0 Å². The summed E-state index contributed by atoms with van der Waals surface area (Å²) in [6.07, 6.45) is 1.56. The molecule has 4 nitrogen and oxygen atoms in total. The average Bonchev–Trinajstić information content (AvgIpc) is 2.55. The van der Waals surface area contributed by atoms with Crippen LogP contribution < -0.4 is 5.32 Å². The Bertz CT molecular complexity index is 276. The maximum Gasteiger partial charge on any atom is 0.240 e. The second kappa shape index (κ2) is 5.43. The minimum Gasteiger partial charge on any atom is -0.331 e. The van der Waals surface area contributed by atoms with E-state index in [1.165, 1.54) is 0 Å². The van der Waals surface area contributed by atoms with Crippen molar-refractivity contribution in [2.75, 3.05) is 13.6 Å². The van der Waals surface area contributed by atoms with Gasteiger partial charge < -0.3 is 10.2 Å². The number of hydrogen-bond acceptors (Lipinski definition) is 3. The topological polar surface area (TPSA) is 49.4 Å². The number of likely N-dealkylation sites (N-methyl/N-ethyl adjacent to an activating group) is 1. The van der Waals surface area contributed by atoms with Crippen molar-refractivity contribution in [1.82, 2.24) is 10.2 Å². The van der Waals surface area contributed by atoms with Gasteiger partial charge in [0, 0.05) is 6.54 Å². The van der Waals surface area contributed by atoms with E-state index in [2.05, 4.69) is 19.2 Å². The Balaban J connectivity index is 2.73. The zero-order valence-corrected chi connectivity index (χ0v) is 10.6. The first-order chi connectivity index (χ1) is 7.47. The van der Waals surface area contributed by atoms with Gasteiger partial charge in [0.05, 0.1) is 12.1 Å². The molecular weight excluding hydrogens is 204 g/mol. The van der Waals surface area contributed by atoms with E-state index in [4.69, 9.17) is 0 Å². The second-order valence-corrected chi connectivity index (χ2v) is 4.92. The normalized spacial score (nSPS) is 22.9. The Morgan fingerprint density at radius 2 is 2.19 bits per heavy atom. The van der Waals surface area contributed by atoms with E-state index in [0.29, 0.717) is 12.5 Å². The zero-order chi connectivity index (χ0) is 12.3. The third-order valence-electron chi connectivity index (χ3n) is 3.13. The van der Waals surface area contributed by atoms with Gasteiger partial charge in [-0.3, -0.25) is 9.59 Å². The second-order valence-electron chi connectivity index (χ2n) is 4.92. The van der Waals surface area contributed by atoms with Crippen LogP contribution in [0, 0.1) is 5.92 Å². The van der Waals surface area contributed by atoms with E-state index in [9.17, 15) is 9.59 Å². The summed E-state index contributed by atoms with van der Waals surface area (Å²) in [6.45, 7) is 6.42. The molecule has 4 heteroatoms. The Hall–Kier alpha value is -0.900. The predicted octanol–water partition coefficient (Wildman–Crippen LogP) is 0.810. The van der Waals surface area contributed by atoms with Crippen molar-refractivity contribution in [1.29, 1.82) is 0 Å². The van der Waals surface area contributed by atoms with E-state index in [0.717, 1.165) is 12.8 Å². The lowest BCUT2D eigenvalue weighted by Crippen LogP contribution is -2.45. The maximum absolute atomic E-state index is 12.0. The molecule has 0 radical (unpaired) electrons. The van der Waals surface area contributed by atoms with Crippen LogP contribution in [-0.2, 0) is 9.59 Å². The Morgan fingerprint density at radius 1 is 1.56 bits per heavy atom. The van der Waals surface area contributed by atoms with Crippen molar-refractivity contribution >= 4 is 11.7 Å². The van der Waals surface area contributed by atoms with Gasteiger partial charge in [-0.15, -0.1) is 0 Å². The van der Waals surface area contributed by atoms with Crippen molar-refractivity contribution in [3.63, 3.8) is 0 Å². The lowest BCUT2D eigenvalue weighted by atomic mass is 10.00. The van der Waals surface area contributed by atoms with Gasteiger partial charge in [-0.1, -0.05) is 13.8 Å². The number of carbonyl (C=O) groups excluding carboxylic acids is 2. The molecule has 1 heterocycles. The molecule has 1 rings (SSSR count). The van der Waals surface area contributed by atoms with Crippen LogP contribution in [0.2, 0.25) is 0 Å². The number of Topliss-reactive ketones (excluding diaryl/α,β-unsaturated/α-hetero) is 1. The summed E-state index contributed by atoms with van der Waals surface area (Å²) >= 11 is 0. The van der Waals surface area contributed by atoms with Crippen molar-refractivity contribution < 1.29 is 9.59 Å². The summed E-state index contributed by atoms with van der Waals surface area (Å²) in [5.74, 6) is 0.595. The molecule has 92 valence electrons. The number of hydrogen-bond donors (Lipinski definition) is 1. The first-order valence-electron chi connectivity index (χ1n) is 5.95. The first kappa shape index (κ1) is 13.2. The summed E-state index contributed by atoms with van der Waals surface area (Å²) in [6, 6.07) is -0.333. The lowest BCUT2D eigenvalue weighted by molar-refractivity contribution is -0.137. The number of rotatable bonds is 5. The zero-order valence-electron chi connectivity index (χ0n) is 10.6. The molecule has 0 bridgehead atoms. The van der Waals surface area contributed by atoms with Gasteiger partial charge in [-0.25, -0.2) is 0 Å². The molecule has 0 aliphatic carbocycles. The molecule has 1 aliphatic heterocycles. The smallest absolute Gasteiger partial charge is 0.240 e. The molecule has 0 spiro atoms. The standard InChI is InChI=1S/C12H22N2O2/c1-8(2)7-11(9(3)15)14-6-5-10(13-4)12(14)16/h8,10-11,13H,5-7H2,1-4H3/t10?,11-/m0/s1. The number of likely N-dealkylation sites (tertiary alicyclic amines) is 1. The largest absolute Gasteiger partial charge is 0.331 e. The highest BCUT2D eigenvalue weighted by atomic mass is 16.2. The van der Waals surface area contributed by atoms with Crippen LogP contribution in [0.1, 0.15) is 33.6 Å². The van der Waals surface area contributed by atoms with Crippen LogP contribution in [0.3, 0.4) is 0 Å². The molecule has 1 fully saturated rings. The number of nitrogens with zero attached hydrogens (tertiary/aromatic N) is 1. The van der Waals surface area contributed by atoms with Crippen LogP contribution in [-0.4, -0.2) is 42.3 Å². The summed E-state index contributed by atoms with van der Waals surface area (Å²) in [4.78, 5) is 25.3. The van der Waals surface area contributed by atoms with Crippen LogP contribution >= 0.6 is 0 Å². The molecule has 1 saturated heterocycles. The fraction of sp³-hybridized carbons (Fsp3) is 0.833. The van der Waals surface area contributed by atoms with Gasteiger partial charge in [-0.2, -0.15) is 0 Å². The first-order valence-corrected chi connectivity index (χ1v) is 5.95. The average molecular weight is 226 g/mol. The van der Waals surface area contributed by atoms with Gasteiger partial charge in [0.25, 0.3) is 0 Å². The van der Waals surface area contributed by atoms with E-state index < -0.39 is 0 Å². The number of carbonyl (C=O) groups is 2.